The average molecular weight is 259 g/mol. The third-order valence-corrected chi connectivity index (χ3v) is 2.38. The van der Waals surface area contributed by atoms with E-state index in [1.165, 1.54) is 0 Å². The van der Waals surface area contributed by atoms with Crippen LogP contribution in [0.2, 0.25) is 0 Å². The summed E-state index contributed by atoms with van der Waals surface area (Å²) in [5, 5.41) is 11.4. The molecule has 0 heterocycles. The number of carbonyl (C=O) groups is 2. The van der Waals surface area contributed by atoms with Gasteiger partial charge in [-0.25, -0.2) is 4.79 Å². The second kappa shape index (κ2) is 6.07. The lowest BCUT2D eigenvalue weighted by Crippen LogP contribution is -2.46. The molecule has 0 aromatic carbocycles. The fourth-order valence-corrected chi connectivity index (χ4v) is 1.44. The van der Waals surface area contributed by atoms with E-state index < -0.39 is 17.7 Å². The standard InChI is InChI=1S/C13H25NO4/c1-12(2,3)9(7-8-10(15)16)14-11(17)18-13(4,5)6/h9H,7-8H2,1-6H3,(H,14,17)(H,15,16)/t9-/m1/s1. The molecule has 0 aliphatic heterocycles. The summed E-state index contributed by atoms with van der Waals surface area (Å²) < 4.78 is 5.17. The van der Waals surface area contributed by atoms with Crippen LogP contribution < -0.4 is 5.32 Å². The number of nitrogens with one attached hydrogen (secondary N) is 1. The van der Waals surface area contributed by atoms with E-state index >= 15 is 0 Å². The first-order chi connectivity index (χ1) is 7.92. The normalized spacial score (nSPS) is 13.9. The SMILES string of the molecule is CC(C)(C)OC(=O)N[C@H](CCC(=O)O)C(C)(C)C. The van der Waals surface area contributed by atoms with Gasteiger partial charge in [0.2, 0.25) is 0 Å². The first kappa shape index (κ1) is 16.7. The predicted octanol–water partition coefficient (Wildman–Crippen LogP) is 2.79. The number of carboxylic acid groups (broad SMARTS) is 1. The van der Waals surface area contributed by atoms with Crippen LogP contribution >= 0.6 is 0 Å². The maximum Gasteiger partial charge on any atom is 0.407 e. The number of amides is 1. The zero-order valence-corrected chi connectivity index (χ0v) is 12.2. The lowest BCUT2D eigenvalue weighted by Gasteiger charge is -2.32. The van der Waals surface area contributed by atoms with E-state index in [9.17, 15) is 9.59 Å². The van der Waals surface area contributed by atoms with Crippen molar-refractivity contribution in [3.05, 3.63) is 0 Å². The molecule has 0 saturated heterocycles. The highest BCUT2D eigenvalue weighted by atomic mass is 16.6. The molecule has 0 aromatic heterocycles. The molecule has 0 unspecified atom stereocenters. The minimum atomic E-state index is -0.866. The predicted molar refractivity (Wildman–Crippen MR) is 69.5 cm³/mol. The Morgan fingerprint density at radius 3 is 2.00 bits per heavy atom. The largest absolute Gasteiger partial charge is 0.481 e. The molecular weight excluding hydrogens is 234 g/mol. The molecule has 5 nitrogen and oxygen atoms in total. The van der Waals surface area contributed by atoms with Crippen LogP contribution in [0.3, 0.4) is 0 Å². The van der Waals surface area contributed by atoms with Gasteiger partial charge >= 0.3 is 12.1 Å². The highest BCUT2D eigenvalue weighted by Crippen LogP contribution is 2.23. The summed E-state index contributed by atoms with van der Waals surface area (Å²) in [5.74, 6) is -0.866. The van der Waals surface area contributed by atoms with E-state index in [0.29, 0.717) is 6.42 Å². The molecule has 0 bridgehead atoms. The summed E-state index contributed by atoms with van der Waals surface area (Å²) in [6.07, 6.45) is -0.0941. The molecule has 0 saturated carbocycles. The van der Waals surface area contributed by atoms with Crippen molar-refractivity contribution in [2.24, 2.45) is 5.41 Å². The van der Waals surface area contributed by atoms with E-state index in [2.05, 4.69) is 5.32 Å². The maximum atomic E-state index is 11.7. The smallest absolute Gasteiger partial charge is 0.407 e. The van der Waals surface area contributed by atoms with E-state index in [1.807, 2.05) is 20.8 Å². The Labute approximate surface area is 109 Å². The van der Waals surface area contributed by atoms with Gasteiger partial charge in [0.25, 0.3) is 0 Å². The number of ether oxygens (including phenoxy) is 1. The van der Waals surface area contributed by atoms with Gasteiger partial charge in [-0.05, 0) is 32.6 Å². The lowest BCUT2D eigenvalue weighted by atomic mass is 9.84. The fraction of sp³-hybridized carbons (Fsp3) is 0.846. The van der Waals surface area contributed by atoms with Crippen LogP contribution in [0.25, 0.3) is 0 Å². The van der Waals surface area contributed by atoms with Gasteiger partial charge in [-0.2, -0.15) is 0 Å². The third-order valence-electron chi connectivity index (χ3n) is 2.38. The van der Waals surface area contributed by atoms with E-state index in [4.69, 9.17) is 9.84 Å². The van der Waals surface area contributed by atoms with Crippen molar-refractivity contribution in [1.29, 1.82) is 0 Å². The van der Waals surface area contributed by atoms with Crippen LogP contribution in [0.5, 0.6) is 0 Å². The second-order valence-electron chi connectivity index (χ2n) is 6.50. The highest BCUT2D eigenvalue weighted by molar-refractivity contribution is 5.69. The zero-order chi connectivity index (χ0) is 14.6. The molecule has 1 atom stereocenters. The number of rotatable bonds is 4. The van der Waals surface area contributed by atoms with Gasteiger partial charge in [-0.3, -0.25) is 4.79 Å². The first-order valence-corrected chi connectivity index (χ1v) is 6.13. The zero-order valence-electron chi connectivity index (χ0n) is 12.2. The summed E-state index contributed by atoms with van der Waals surface area (Å²) in [6, 6.07) is -0.233. The molecule has 0 radical (unpaired) electrons. The molecule has 106 valence electrons. The van der Waals surface area contributed by atoms with E-state index in [1.54, 1.807) is 20.8 Å². The number of hydrogen-bond donors (Lipinski definition) is 2. The quantitative estimate of drug-likeness (QED) is 0.814. The third kappa shape index (κ3) is 7.92. The van der Waals surface area contributed by atoms with Crippen LogP contribution in [0.1, 0.15) is 54.4 Å². The number of carbonyl (C=O) groups excluding carboxylic acids is 1. The van der Waals surface area contributed by atoms with E-state index in [0.717, 1.165) is 0 Å². The van der Waals surface area contributed by atoms with Crippen molar-refractivity contribution in [2.75, 3.05) is 0 Å². The second-order valence-corrected chi connectivity index (χ2v) is 6.50. The Morgan fingerprint density at radius 1 is 1.17 bits per heavy atom. The van der Waals surface area contributed by atoms with Crippen molar-refractivity contribution in [3.8, 4) is 0 Å². The molecule has 18 heavy (non-hydrogen) atoms. The molecule has 5 heteroatoms. The molecule has 0 fully saturated rings. The fourth-order valence-electron chi connectivity index (χ4n) is 1.44. The van der Waals surface area contributed by atoms with Gasteiger partial charge in [0.15, 0.2) is 0 Å². The lowest BCUT2D eigenvalue weighted by molar-refractivity contribution is -0.137. The van der Waals surface area contributed by atoms with Gasteiger partial charge in [0.1, 0.15) is 5.60 Å². The summed E-state index contributed by atoms with van der Waals surface area (Å²) in [5.41, 5.74) is -0.772. The van der Waals surface area contributed by atoms with Crippen LogP contribution in [0.4, 0.5) is 4.79 Å². The number of alkyl carbamates (subject to hydrolysis) is 1. The van der Waals surface area contributed by atoms with Gasteiger partial charge < -0.3 is 15.2 Å². The van der Waals surface area contributed by atoms with Crippen molar-refractivity contribution >= 4 is 12.1 Å². The molecule has 0 rings (SSSR count). The molecule has 2 N–H and O–H groups in total. The number of aliphatic carboxylic acids is 1. The molecule has 1 amide bonds. The summed E-state index contributed by atoms with van der Waals surface area (Å²) in [4.78, 5) is 22.3. The molecule has 0 aromatic rings. The first-order valence-electron chi connectivity index (χ1n) is 6.13. The highest BCUT2D eigenvalue weighted by Gasteiger charge is 2.28. The van der Waals surface area contributed by atoms with Crippen molar-refractivity contribution in [3.63, 3.8) is 0 Å². The van der Waals surface area contributed by atoms with Crippen molar-refractivity contribution < 1.29 is 19.4 Å². The van der Waals surface area contributed by atoms with E-state index in [-0.39, 0.29) is 17.9 Å². The van der Waals surface area contributed by atoms with Gasteiger partial charge in [0.05, 0.1) is 0 Å². The summed E-state index contributed by atoms with van der Waals surface area (Å²) >= 11 is 0. The minimum Gasteiger partial charge on any atom is -0.481 e. The number of carboxylic acids is 1. The summed E-state index contributed by atoms with van der Waals surface area (Å²) in [7, 11) is 0. The minimum absolute atomic E-state index is 0.0255. The van der Waals surface area contributed by atoms with Crippen LogP contribution in [-0.2, 0) is 9.53 Å². The Morgan fingerprint density at radius 2 is 1.67 bits per heavy atom. The van der Waals surface area contributed by atoms with Crippen LogP contribution in [0.15, 0.2) is 0 Å². The Bertz CT molecular complexity index is 299. The van der Waals surface area contributed by atoms with Crippen LogP contribution in [0, 0.1) is 5.41 Å². The summed E-state index contributed by atoms with van der Waals surface area (Å²) in [6.45, 7) is 11.2. The Balaban J connectivity index is 4.51. The Kier molecular flexibility index (Phi) is 5.64. The monoisotopic (exact) mass is 259 g/mol. The molecule has 0 aliphatic carbocycles. The Hall–Kier alpha value is -1.26. The van der Waals surface area contributed by atoms with Crippen molar-refractivity contribution in [2.45, 2.75) is 66.0 Å². The topological polar surface area (TPSA) is 75.6 Å². The van der Waals surface area contributed by atoms with Gasteiger partial charge in [-0.1, -0.05) is 20.8 Å². The van der Waals surface area contributed by atoms with Crippen LogP contribution in [-0.4, -0.2) is 28.8 Å². The average Bonchev–Trinajstić information content (AvgIpc) is 2.06. The maximum absolute atomic E-state index is 11.7. The van der Waals surface area contributed by atoms with Gasteiger partial charge in [0, 0.05) is 12.5 Å². The molecule has 0 aliphatic rings. The van der Waals surface area contributed by atoms with Crippen molar-refractivity contribution in [1.82, 2.24) is 5.32 Å². The molecular formula is C13H25NO4. The van der Waals surface area contributed by atoms with Gasteiger partial charge in [-0.15, -0.1) is 0 Å². The number of hydrogen-bond acceptors (Lipinski definition) is 3. The molecule has 0 spiro atoms.